The van der Waals surface area contributed by atoms with Gasteiger partial charge in [0.1, 0.15) is 0 Å². The first kappa shape index (κ1) is 25.2. The van der Waals surface area contributed by atoms with Crippen molar-refractivity contribution in [3.05, 3.63) is 135 Å². The van der Waals surface area contributed by atoms with Gasteiger partial charge in [0.05, 0.1) is 24.7 Å². The first-order valence-electron chi connectivity index (χ1n) is 11.1. The zero-order valence-electron chi connectivity index (χ0n) is 19.7. The molecule has 4 aromatic rings. The summed E-state index contributed by atoms with van der Waals surface area (Å²) in [6.07, 6.45) is 2.26. The number of nitrogens with zero attached hydrogens (tertiary/aromatic N) is 1. The van der Waals surface area contributed by atoms with E-state index < -0.39 is 4.92 Å². The van der Waals surface area contributed by atoms with Crippen molar-refractivity contribution in [3.8, 4) is 11.5 Å². The summed E-state index contributed by atoms with van der Waals surface area (Å²) >= 11 is 0. The van der Waals surface area contributed by atoms with Gasteiger partial charge in [0, 0.05) is 5.56 Å². The minimum absolute atomic E-state index is 0.0430. The van der Waals surface area contributed by atoms with Crippen molar-refractivity contribution in [2.24, 2.45) is 0 Å². The van der Waals surface area contributed by atoms with Gasteiger partial charge in [-0.05, 0) is 36.1 Å². The number of rotatable bonds is 8. The molecule has 0 N–H and O–H groups in total. The van der Waals surface area contributed by atoms with Crippen molar-refractivity contribution in [2.45, 2.75) is 12.8 Å². The number of hydrogen-bond donors (Lipinski definition) is 0. The van der Waals surface area contributed by atoms with Crippen LogP contribution in [0.2, 0.25) is 0 Å². The van der Waals surface area contributed by atoms with Gasteiger partial charge in [-0.2, -0.15) is 0 Å². The monoisotopic (exact) mass is 469 g/mol. The lowest BCUT2D eigenvalue weighted by molar-refractivity contribution is -0.386. The molecule has 35 heavy (non-hydrogen) atoms. The Balaban J connectivity index is 0.000000211. The third-order valence-electron chi connectivity index (χ3n) is 5.37. The first-order chi connectivity index (χ1) is 17.0. The molecule has 0 spiro atoms. The van der Waals surface area contributed by atoms with Crippen molar-refractivity contribution in [1.29, 1.82) is 0 Å². The minimum atomic E-state index is -0.626. The highest BCUT2D eigenvalue weighted by Gasteiger charge is 2.28. The zero-order valence-corrected chi connectivity index (χ0v) is 19.7. The number of nitro groups is 1. The summed E-state index contributed by atoms with van der Waals surface area (Å²) in [5.74, 6) is -0.409. The molecule has 0 aliphatic carbocycles. The van der Waals surface area contributed by atoms with Gasteiger partial charge in [0.2, 0.25) is 11.5 Å². The van der Waals surface area contributed by atoms with Gasteiger partial charge >= 0.3 is 5.69 Å². The van der Waals surface area contributed by atoms with E-state index in [0.29, 0.717) is 5.56 Å². The predicted molar refractivity (Wildman–Crippen MR) is 136 cm³/mol. The van der Waals surface area contributed by atoms with Crippen LogP contribution < -0.4 is 9.47 Å². The van der Waals surface area contributed by atoms with Crippen LogP contribution in [0, 0.1) is 10.1 Å². The molecule has 0 saturated heterocycles. The second-order valence-corrected chi connectivity index (χ2v) is 7.62. The van der Waals surface area contributed by atoms with E-state index in [2.05, 4.69) is 60.7 Å². The molecule has 6 nitrogen and oxygen atoms in total. The lowest BCUT2D eigenvalue weighted by Gasteiger charge is -2.10. The molecule has 0 saturated carbocycles. The fourth-order valence-corrected chi connectivity index (χ4v) is 3.60. The summed E-state index contributed by atoms with van der Waals surface area (Å²) in [7, 11) is 2.60. The van der Waals surface area contributed by atoms with Crippen molar-refractivity contribution in [3.63, 3.8) is 0 Å². The zero-order chi connectivity index (χ0) is 25.0. The molecular weight excluding hydrogens is 442 g/mol. The van der Waals surface area contributed by atoms with Crippen LogP contribution >= 0.6 is 0 Å². The Hall–Kier alpha value is -4.45. The molecule has 0 aromatic heterocycles. The highest BCUT2D eigenvalue weighted by atomic mass is 16.6. The molecule has 0 amide bonds. The van der Waals surface area contributed by atoms with Crippen molar-refractivity contribution in [1.82, 2.24) is 0 Å². The second-order valence-electron chi connectivity index (χ2n) is 7.62. The molecule has 0 aliphatic heterocycles. The Labute approximate surface area is 204 Å². The van der Waals surface area contributed by atoms with Crippen LogP contribution in [-0.4, -0.2) is 24.9 Å². The SMILES string of the molecule is COc1ccc(C(=O)c2ccccc2)c(OC)c1[N+](=O)[O-].c1ccc(CCc2ccccc2)cc1. The van der Waals surface area contributed by atoms with Crippen LogP contribution in [0.25, 0.3) is 0 Å². The summed E-state index contributed by atoms with van der Waals surface area (Å²) in [6.45, 7) is 0. The molecule has 4 rings (SSSR count). The Morgan fingerprint density at radius 3 is 1.63 bits per heavy atom. The van der Waals surface area contributed by atoms with E-state index >= 15 is 0 Å². The fourth-order valence-electron chi connectivity index (χ4n) is 3.60. The van der Waals surface area contributed by atoms with Gasteiger partial charge in [-0.3, -0.25) is 14.9 Å². The molecule has 0 radical (unpaired) electrons. The lowest BCUT2D eigenvalue weighted by atomic mass is 10.0. The summed E-state index contributed by atoms with van der Waals surface area (Å²) < 4.78 is 10.0. The van der Waals surface area contributed by atoms with Gasteiger partial charge in [-0.25, -0.2) is 0 Å². The van der Waals surface area contributed by atoms with Crippen LogP contribution in [-0.2, 0) is 12.8 Å². The summed E-state index contributed by atoms with van der Waals surface area (Å²) in [6, 6.07) is 32.6. The van der Waals surface area contributed by atoms with Gasteiger partial charge in [0.15, 0.2) is 5.78 Å². The molecule has 0 fully saturated rings. The molecule has 6 heteroatoms. The van der Waals surface area contributed by atoms with E-state index in [1.807, 2.05) is 0 Å². The Kier molecular flexibility index (Phi) is 9.14. The fraction of sp³-hybridized carbons (Fsp3) is 0.138. The highest BCUT2D eigenvalue weighted by molar-refractivity contribution is 6.11. The summed E-state index contributed by atoms with van der Waals surface area (Å²) in [4.78, 5) is 23.0. The topological polar surface area (TPSA) is 78.7 Å². The maximum atomic E-state index is 12.5. The van der Waals surface area contributed by atoms with E-state index in [9.17, 15) is 14.9 Å². The molecular formula is C29H27NO5. The second kappa shape index (κ2) is 12.7. The third kappa shape index (κ3) is 6.77. The summed E-state index contributed by atoms with van der Waals surface area (Å²) in [5.41, 5.74) is 3.01. The molecule has 4 aromatic carbocycles. The van der Waals surface area contributed by atoms with Crippen LogP contribution in [0.15, 0.2) is 103 Å². The number of carbonyl (C=O) groups is 1. The number of benzene rings is 4. The molecule has 0 unspecified atom stereocenters. The third-order valence-corrected chi connectivity index (χ3v) is 5.37. The summed E-state index contributed by atoms with van der Waals surface area (Å²) in [5, 5.41) is 11.2. The average molecular weight is 470 g/mol. The predicted octanol–water partition coefficient (Wildman–Crippen LogP) is 6.31. The van der Waals surface area contributed by atoms with Crippen molar-refractivity contribution >= 4 is 11.5 Å². The van der Waals surface area contributed by atoms with Crippen LogP contribution in [0.4, 0.5) is 5.69 Å². The van der Waals surface area contributed by atoms with E-state index in [0.717, 1.165) is 12.8 Å². The van der Waals surface area contributed by atoms with Gasteiger partial charge in [-0.15, -0.1) is 0 Å². The van der Waals surface area contributed by atoms with Crippen molar-refractivity contribution in [2.75, 3.05) is 14.2 Å². The van der Waals surface area contributed by atoms with Gasteiger partial charge < -0.3 is 9.47 Å². The maximum absolute atomic E-state index is 12.5. The molecule has 0 bridgehead atoms. The van der Waals surface area contributed by atoms with E-state index in [1.165, 1.54) is 37.5 Å². The normalized spacial score (nSPS) is 10.0. The van der Waals surface area contributed by atoms with E-state index in [-0.39, 0.29) is 28.5 Å². The van der Waals surface area contributed by atoms with Crippen LogP contribution in [0.3, 0.4) is 0 Å². The molecule has 0 heterocycles. The van der Waals surface area contributed by atoms with Crippen molar-refractivity contribution < 1.29 is 19.2 Å². The molecule has 0 atom stereocenters. The Morgan fingerprint density at radius 2 is 1.20 bits per heavy atom. The first-order valence-corrected chi connectivity index (χ1v) is 11.1. The lowest BCUT2D eigenvalue weighted by Crippen LogP contribution is -2.07. The quantitative estimate of drug-likeness (QED) is 0.172. The van der Waals surface area contributed by atoms with Crippen LogP contribution in [0.5, 0.6) is 11.5 Å². The molecule has 178 valence electrons. The van der Waals surface area contributed by atoms with Gasteiger partial charge in [0.25, 0.3) is 0 Å². The molecule has 0 aliphatic rings. The number of methoxy groups -OCH3 is 2. The minimum Gasteiger partial charge on any atom is -0.490 e. The largest absolute Gasteiger partial charge is 0.490 e. The maximum Gasteiger partial charge on any atom is 0.353 e. The Morgan fingerprint density at radius 1 is 0.714 bits per heavy atom. The number of ether oxygens (including phenoxy) is 2. The standard InChI is InChI=1S/C15H13NO5.C14H14/c1-20-12-9-8-11(15(21-2)13(12)16(18)19)14(17)10-6-4-3-5-7-10;1-3-7-13(8-4-1)11-12-14-9-5-2-6-10-14/h3-9H,1-2H3;1-10H,11-12H2. The number of aryl methyl sites for hydroxylation is 2. The van der Waals surface area contributed by atoms with Crippen LogP contribution in [0.1, 0.15) is 27.0 Å². The number of hydrogen-bond acceptors (Lipinski definition) is 5. The number of nitro benzene ring substituents is 1. The van der Waals surface area contributed by atoms with E-state index in [1.54, 1.807) is 30.3 Å². The Bertz CT molecular complexity index is 1200. The van der Waals surface area contributed by atoms with E-state index in [4.69, 9.17) is 9.47 Å². The smallest absolute Gasteiger partial charge is 0.353 e. The number of ketones is 1. The number of carbonyl (C=O) groups excluding carboxylic acids is 1. The highest BCUT2D eigenvalue weighted by Crippen LogP contribution is 2.40. The average Bonchev–Trinajstić information content (AvgIpc) is 2.92. The van der Waals surface area contributed by atoms with Gasteiger partial charge in [-0.1, -0.05) is 91.0 Å².